The molecule has 1 aromatic carbocycles. The van der Waals surface area contributed by atoms with Gasteiger partial charge in [0, 0.05) is 7.11 Å². The van der Waals surface area contributed by atoms with E-state index in [1.807, 2.05) is 6.07 Å². The van der Waals surface area contributed by atoms with Crippen LogP contribution >= 0.6 is 0 Å². The van der Waals surface area contributed by atoms with E-state index in [0.29, 0.717) is 5.75 Å². The lowest BCUT2D eigenvalue weighted by Crippen LogP contribution is -2.53. The van der Waals surface area contributed by atoms with Crippen LogP contribution < -0.4 is 15.4 Å². The van der Waals surface area contributed by atoms with Gasteiger partial charge in [0.05, 0.1) is 25.1 Å². The van der Waals surface area contributed by atoms with Crippen molar-refractivity contribution in [2.75, 3.05) is 26.9 Å². The molecular formula is C16H22N2O6. The van der Waals surface area contributed by atoms with Crippen LogP contribution in [0.25, 0.3) is 0 Å². The van der Waals surface area contributed by atoms with Crippen molar-refractivity contribution in [1.29, 1.82) is 0 Å². The molecule has 0 saturated carbocycles. The van der Waals surface area contributed by atoms with Crippen molar-refractivity contribution in [3.05, 3.63) is 30.3 Å². The average Bonchev–Trinajstić information content (AvgIpc) is 2.51. The van der Waals surface area contributed by atoms with Crippen molar-refractivity contribution >= 4 is 17.8 Å². The molecule has 1 rings (SSSR count). The molecule has 24 heavy (non-hydrogen) atoms. The molecule has 8 nitrogen and oxygen atoms in total. The number of hydrogen-bond acceptors (Lipinski definition) is 5. The zero-order chi connectivity index (χ0) is 18.0. The molecule has 0 fully saturated rings. The van der Waals surface area contributed by atoms with Crippen molar-refractivity contribution in [1.82, 2.24) is 10.6 Å². The predicted octanol–water partition coefficient (Wildman–Crippen LogP) is 0.178. The van der Waals surface area contributed by atoms with Crippen LogP contribution in [-0.4, -0.2) is 55.3 Å². The van der Waals surface area contributed by atoms with Crippen molar-refractivity contribution in [2.45, 2.75) is 18.9 Å². The van der Waals surface area contributed by atoms with E-state index >= 15 is 0 Å². The summed E-state index contributed by atoms with van der Waals surface area (Å²) in [5.74, 6) is -1.48. The minimum absolute atomic E-state index is 0.0378. The van der Waals surface area contributed by atoms with E-state index < -0.39 is 23.3 Å². The van der Waals surface area contributed by atoms with E-state index in [1.54, 1.807) is 31.2 Å². The zero-order valence-corrected chi connectivity index (χ0v) is 13.7. The Morgan fingerprint density at radius 2 is 1.83 bits per heavy atom. The third kappa shape index (κ3) is 7.59. The Hall–Kier alpha value is -2.61. The second-order valence-corrected chi connectivity index (χ2v) is 5.49. The molecule has 8 heteroatoms. The van der Waals surface area contributed by atoms with Crippen molar-refractivity contribution in [3.63, 3.8) is 0 Å². The first-order valence-corrected chi connectivity index (χ1v) is 7.31. The standard InChI is InChI=1S/C16H22N2O6/c1-16(11-23-2,8-15(21)22)18-13(19)9-17-14(20)10-24-12-6-4-3-5-7-12/h3-7H,8-11H2,1-2H3,(H,17,20)(H,18,19)(H,21,22). The second-order valence-electron chi connectivity index (χ2n) is 5.49. The number of ether oxygens (including phenoxy) is 2. The predicted molar refractivity (Wildman–Crippen MR) is 85.6 cm³/mol. The number of rotatable bonds is 10. The largest absolute Gasteiger partial charge is 0.484 e. The van der Waals surface area contributed by atoms with E-state index in [1.165, 1.54) is 7.11 Å². The van der Waals surface area contributed by atoms with Gasteiger partial charge >= 0.3 is 5.97 Å². The maximum absolute atomic E-state index is 11.9. The Balaban J connectivity index is 2.38. The maximum Gasteiger partial charge on any atom is 0.305 e. The van der Waals surface area contributed by atoms with Gasteiger partial charge in [-0.1, -0.05) is 18.2 Å². The molecule has 0 aliphatic heterocycles. The van der Waals surface area contributed by atoms with Crippen LogP contribution in [0.2, 0.25) is 0 Å². The van der Waals surface area contributed by atoms with E-state index in [9.17, 15) is 14.4 Å². The molecule has 0 heterocycles. The zero-order valence-electron chi connectivity index (χ0n) is 13.7. The number of methoxy groups -OCH3 is 1. The van der Waals surface area contributed by atoms with Crippen LogP contribution in [0.4, 0.5) is 0 Å². The van der Waals surface area contributed by atoms with Gasteiger partial charge in [0.1, 0.15) is 5.75 Å². The number of aliphatic carboxylic acids is 1. The number of amides is 2. The van der Waals surface area contributed by atoms with Crippen LogP contribution in [0.1, 0.15) is 13.3 Å². The molecule has 1 unspecified atom stereocenters. The number of carboxylic acid groups (broad SMARTS) is 1. The fourth-order valence-electron chi connectivity index (χ4n) is 2.06. The Bertz CT molecular complexity index is 563. The molecule has 3 N–H and O–H groups in total. The highest BCUT2D eigenvalue weighted by molar-refractivity contribution is 5.86. The van der Waals surface area contributed by atoms with E-state index in [-0.39, 0.29) is 26.2 Å². The number of carboxylic acids is 1. The number of carbonyl (C=O) groups is 3. The van der Waals surface area contributed by atoms with Crippen molar-refractivity contribution < 1.29 is 29.0 Å². The number of para-hydroxylation sites is 1. The lowest BCUT2D eigenvalue weighted by molar-refractivity contribution is -0.140. The number of benzene rings is 1. The number of carbonyl (C=O) groups excluding carboxylic acids is 2. The molecule has 0 bridgehead atoms. The average molecular weight is 338 g/mol. The Morgan fingerprint density at radius 3 is 2.42 bits per heavy atom. The lowest BCUT2D eigenvalue weighted by Gasteiger charge is -2.28. The number of hydrogen-bond donors (Lipinski definition) is 3. The Kier molecular flexibility index (Phi) is 7.70. The fourth-order valence-corrected chi connectivity index (χ4v) is 2.06. The highest BCUT2D eigenvalue weighted by Crippen LogP contribution is 2.10. The molecule has 0 aliphatic rings. The summed E-state index contributed by atoms with van der Waals surface area (Å²) in [7, 11) is 1.41. The van der Waals surface area contributed by atoms with Crippen LogP contribution in [0, 0.1) is 0 Å². The first-order chi connectivity index (χ1) is 11.3. The molecular weight excluding hydrogens is 316 g/mol. The molecule has 2 amide bonds. The van der Waals surface area contributed by atoms with E-state index in [2.05, 4.69) is 10.6 Å². The maximum atomic E-state index is 11.9. The molecule has 1 aromatic rings. The van der Waals surface area contributed by atoms with Gasteiger partial charge in [-0.05, 0) is 19.1 Å². The summed E-state index contributed by atoms with van der Waals surface area (Å²) in [5.41, 5.74) is -1.05. The van der Waals surface area contributed by atoms with Gasteiger partial charge in [0.25, 0.3) is 5.91 Å². The first-order valence-electron chi connectivity index (χ1n) is 7.31. The highest BCUT2D eigenvalue weighted by Gasteiger charge is 2.29. The summed E-state index contributed by atoms with van der Waals surface area (Å²) in [6.45, 7) is 1.09. The fraction of sp³-hybridized carbons (Fsp3) is 0.438. The van der Waals surface area contributed by atoms with Crippen LogP contribution in [0.5, 0.6) is 5.75 Å². The van der Waals surface area contributed by atoms with Crippen molar-refractivity contribution in [3.8, 4) is 5.75 Å². The van der Waals surface area contributed by atoms with Gasteiger partial charge in [-0.2, -0.15) is 0 Å². The van der Waals surface area contributed by atoms with Crippen molar-refractivity contribution in [2.24, 2.45) is 0 Å². The highest BCUT2D eigenvalue weighted by atomic mass is 16.5. The lowest BCUT2D eigenvalue weighted by atomic mass is 9.99. The topological polar surface area (TPSA) is 114 Å². The Labute approximate surface area is 140 Å². The van der Waals surface area contributed by atoms with Gasteiger partial charge < -0.3 is 25.2 Å². The van der Waals surface area contributed by atoms with E-state index in [4.69, 9.17) is 14.6 Å². The van der Waals surface area contributed by atoms with E-state index in [0.717, 1.165) is 0 Å². The smallest absolute Gasteiger partial charge is 0.305 e. The second kappa shape index (κ2) is 9.51. The molecule has 1 atom stereocenters. The molecule has 0 saturated heterocycles. The summed E-state index contributed by atoms with van der Waals surface area (Å²) >= 11 is 0. The normalized spacial score (nSPS) is 12.8. The Morgan fingerprint density at radius 1 is 1.17 bits per heavy atom. The third-order valence-electron chi connectivity index (χ3n) is 3.00. The first kappa shape index (κ1) is 19.4. The number of nitrogens with one attached hydrogen (secondary N) is 2. The summed E-state index contributed by atoms with van der Waals surface area (Å²) < 4.78 is 10.2. The molecule has 0 aliphatic carbocycles. The molecule has 132 valence electrons. The van der Waals surface area contributed by atoms with Gasteiger partial charge in [-0.15, -0.1) is 0 Å². The molecule has 0 radical (unpaired) electrons. The molecule has 0 spiro atoms. The molecule has 0 aromatic heterocycles. The van der Waals surface area contributed by atoms with Gasteiger partial charge in [0.15, 0.2) is 6.61 Å². The summed E-state index contributed by atoms with van der Waals surface area (Å²) in [5, 5.41) is 13.9. The SMILES string of the molecule is COCC(C)(CC(=O)O)NC(=O)CNC(=O)COc1ccccc1. The minimum Gasteiger partial charge on any atom is -0.484 e. The summed E-state index contributed by atoms with van der Waals surface area (Å²) in [4.78, 5) is 34.4. The third-order valence-corrected chi connectivity index (χ3v) is 3.00. The van der Waals surface area contributed by atoms with Crippen LogP contribution in [0.15, 0.2) is 30.3 Å². The van der Waals surface area contributed by atoms with Gasteiger partial charge in [0.2, 0.25) is 5.91 Å². The minimum atomic E-state index is -1.06. The van der Waals surface area contributed by atoms with Gasteiger partial charge in [-0.3, -0.25) is 14.4 Å². The van der Waals surface area contributed by atoms with Crippen LogP contribution in [0.3, 0.4) is 0 Å². The summed E-state index contributed by atoms with van der Waals surface area (Å²) in [6, 6.07) is 8.80. The summed E-state index contributed by atoms with van der Waals surface area (Å²) in [6.07, 6.45) is -0.294. The monoisotopic (exact) mass is 338 g/mol. The van der Waals surface area contributed by atoms with Crippen LogP contribution in [-0.2, 0) is 19.1 Å². The quantitative estimate of drug-likeness (QED) is 0.561. The van der Waals surface area contributed by atoms with Gasteiger partial charge in [-0.25, -0.2) is 0 Å².